The Bertz CT molecular complexity index is 2110. The number of ether oxygens (including phenoxy) is 1. The van der Waals surface area contributed by atoms with Crippen molar-refractivity contribution in [3.8, 4) is 40.3 Å². The van der Waals surface area contributed by atoms with Gasteiger partial charge in [-0.05, 0) is 66.9 Å². The van der Waals surface area contributed by atoms with Crippen molar-refractivity contribution in [2.45, 2.75) is 45.9 Å². The summed E-state index contributed by atoms with van der Waals surface area (Å²) in [7, 11) is 0. The average molecular weight is 676 g/mol. The lowest BCUT2D eigenvalue weighted by atomic mass is 10.0. The monoisotopic (exact) mass is 675 g/mol. The Balaban J connectivity index is 0.00000212. The molecule has 0 aliphatic carbocycles. The van der Waals surface area contributed by atoms with Gasteiger partial charge in [-0.2, -0.15) is 14.0 Å². The molecule has 0 amide bonds. The molecule has 1 aliphatic heterocycles. The van der Waals surface area contributed by atoms with Crippen molar-refractivity contribution in [1.82, 2.24) is 39.4 Å². The van der Waals surface area contributed by atoms with Crippen LogP contribution in [0.5, 0.6) is 5.88 Å². The highest BCUT2D eigenvalue weighted by atomic mass is 19.3. The highest BCUT2D eigenvalue weighted by Gasteiger charge is 2.21. The van der Waals surface area contributed by atoms with E-state index in [9.17, 15) is 8.78 Å². The number of hydrogen-bond acceptors (Lipinski definition) is 11. The number of imidazole rings is 1. The van der Waals surface area contributed by atoms with Crippen LogP contribution in [-0.4, -0.2) is 65.1 Å². The number of aromatic nitrogens is 7. The maximum atomic E-state index is 12.8. The van der Waals surface area contributed by atoms with Crippen LogP contribution < -0.4 is 15.8 Å². The number of halogens is 2. The van der Waals surface area contributed by atoms with Gasteiger partial charge in [-0.25, -0.2) is 29.9 Å². The SMILES string of the molecule is CC.N#Cc1nccc(NC2CCN(Cc3ccc(-n4c(-c5cccnc5N)nc5ccc(-c6ccnc(OC(F)F)c6)nc54)cc3)CC2)n1. The molecule has 3 N–H and O–H groups in total. The van der Waals surface area contributed by atoms with Crippen molar-refractivity contribution in [2.75, 3.05) is 24.1 Å². The first-order chi connectivity index (χ1) is 24.4. The number of fused-ring (bicyclic) bond motifs is 1. The van der Waals surface area contributed by atoms with Gasteiger partial charge in [0.2, 0.25) is 11.7 Å². The van der Waals surface area contributed by atoms with E-state index < -0.39 is 6.61 Å². The second kappa shape index (κ2) is 15.4. The Kier molecular flexibility index (Phi) is 10.4. The molecule has 7 rings (SSSR count). The van der Waals surface area contributed by atoms with Crippen molar-refractivity contribution in [3.05, 3.63) is 96.7 Å². The highest BCUT2D eigenvalue weighted by molar-refractivity contribution is 5.84. The number of nitrogens with zero attached hydrogens (tertiary/aromatic N) is 9. The van der Waals surface area contributed by atoms with E-state index in [4.69, 9.17) is 21.0 Å². The minimum Gasteiger partial charge on any atom is -0.417 e. The van der Waals surface area contributed by atoms with Gasteiger partial charge in [-0.1, -0.05) is 26.0 Å². The van der Waals surface area contributed by atoms with Crippen LogP contribution in [-0.2, 0) is 6.54 Å². The van der Waals surface area contributed by atoms with Crippen LogP contribution in [0.3, 0.4) is 0 Å². The fourth-order valence-corrected chi connectivity index (χ4v) is 5.82. The zero-order chi connectivity index (χ0) is 35.0. The van der Waals surface area contributed by atoms with Crippen LogP contribution in [0.25, 0.3) is 39.5 Å². The van der Waals surface area contributed by atoms with Gasteiger partial charge in [0, 0.05) is 61.6 Å². The van der Waals surface area contributed by atoms with E-state index in [1.807, 2.05) is 48.7 Å². The third-order valence-electron chi connectivity index (χ3n) is 8.12. The Hall–Kier alpha value is -6.07. The molecule has 0 saturated carbocycles. The minimum absolute atomic E-state index is 0.154. The molecule has 0 unspecified atom stereocenters. The van der Waals surface area contributed by atoms with Crippen LogP contribution in [0, 0.1) is 11.3 Å². The summed E-state index contributed by atoms with van der Waals surface area (Å²) in [4.78, 5) is 28.5. The summed E-state index contributed by atoms with van der Waals surface area (Å²) in [5.41, 5.74) is 11.2. The topological polar surface area (TPSA) is 157 Å². The summed E-state index contributed by atoms with van der Waals surface area (Å²) < 4.78 is 32.1. The van der Waals surface area contributed by atoms with E-state index in [-0.39, 0.29) is 17.7 Å². The molecule has 1 aromatic carbocycles. The molecule has 0 atom stereocenters. The summed E-state index contributed by atoms with van der Waals surface area (Å²) >= 11 is 0. The molecule has 0 spiro atoms. The maximum Gasteiger partial charge on any atom is 0.388 e. The number of hydrogen-bond donors (Lipinski definition) is 2. The van der Waals surface area contributed by atoms with Gasteiger partial charge in [0.1, 0.15) is 23.2 Å². The van der Waals surface area contributed by atoms with Gasteiger partial charge < -0.3 is 15.8 Å². The Morgan fingerprint density at radius 2 is 1.72 bits per heavy atom. The zero-order valence-corrected chi connectivity index (χ0v) is 27.5. The molecular formula is C36H35F2N11O. The van der Waals surface area contributed by atoms with E-state index in [1.165, 1.54) is 12.3 Å². The molecular weight excluding hydrogens is 640 g/mol. The maximum absolute atomic E-state index is 12.8. The Morgan fingerprint density at radius 3 is 2.46 bits per heavy atom. The van der Waals surface area contributed by atoms with Crippen LogP contribution in [0.4, 0.5) is 20.4 Å². The van der Waals surface area contributed by atoms with Gasteiger partial charge in [0.25, 0.3) is 0 Å². The third-order valence-corrected chi connectivity index (χ3v) is 8.12. The molecule has 6 heterocycles. The van der Waals surface area contributed by atoms with Gasteiger partial charge in [0.15, 0.2) is 11.5 Å². The second-order valence-corrected chi connectivity index (χ2v) is 11.2. The number of likely N-dealkylation sites (tertiary alicyclic amines) is 1. The fraction of sp³-hybridized carbons (Fsp3) is 0.250. The molecule has 12 nitrogen and oxygen atoms in total. The quantitative estimate of drug-likeness (QED) is 0.173. The summed E-state index contributed by atoms with van der Waals surface area (Å²) in [6.45, 7) is 3.63. The van der Waals surface area contributed by atoms with Crippen LogP contribution >= 0.6 is 0 Å². The van der Waals surface area contributed by atoms with Crippen molar-refractivity contribution in [2.24, 2.45) is 0 Å². The number of pyridine rings is 3. The van der Waals surface area contributed by atoms with Crippen molar-refractivity contribution < 1.29 is 13.5 Å². The number of nitriles is 1. The summed E-state index contributed by atoms with van der Waals surface area (Å²) in [5.74, 6) is 1.53. The first-order valence-corrected chi connectivity index (χ1v) is 16.3. The Morgan fingerprint density at radius 1 is 0.940 bits per heavy atom. The average Bonchev–Trinajstić information content (AvgIpc) is 3.52. The molecule has 6 aromatic rings. The first-order valence-electron chi connectivity index (χ1n) is 16.3. The number of piperidine rings is 1. The fourth-order valence-electron chi connectivity index (χ4n) is 5.82. The molecule has 0 radical (unpaired) electrons. The lowest BCUT2D eigenvalue weighted by Gasteiger charge is -2.32. The van der Waals surface area contributed by atoms with Gasteiger partial charge in [0.05, 0.1) is 11.3 Å². The van der Waals surface area contributed by atoms with Crippen molar-refractivity contribution in [3.63, 3.8) is 0 Å². The molecule has 1 fully saturated rings. The predicted octanol–water partition coefficient (Wildman–Crippen LogP) is 6.49. The van der Waals surface area contributed by atoms with Crippen molar-refractivity contribution >= 4 is 22.8 Å². The number of rotatable bonds is 9. The lowest BCUT2D eigenvalue weighted by molar-refractivity contribution is -0.0528. The number of nitrogen functional groups attached to an aromatic ring is 1. The van der Waals surface area contributed by atoms with E-state index >= 15 is 0 Å². The van der Waals surface area contributed by atoms with Crippen molar-refractivity contribution in [1.29, 1.82) is 5.26 Å². The summed E-state index contributed by atoms with van der Waals surface area (Å²) in [6.07, 6.45) is 6.51. The number of nitrogens with one attached hydrogen (secondary N) is 1. The molecule has 5 aromatic heterocycles. The normalized spacial score (nSPS) is 13.4. The molecule has 254 valence electrons. The molecule has 1 saturated heterocycles. The summed E-state index contributed by atoms with van der Waals surface area (Å²) in [5, 5.41) is 12.5. The zero-order valence-electron chi connectivity index (χ0n) is 27.5. The number of nitrogens with two attached hydrogens (primary N) is 1. The first kappa shape index (κ1) is 33.8. The highest BCUT2D eigenvalue weighted by Crippen LogP contribution is 2.32. The van der Waals surface area contributed by atoms with Crippen LogP contribution in [0.15, 0.2) is 85.3 Å². The van der Waals surface area contributed by atoms with E-state index in [0.29, 0.717) is 45.4 Å². The number of anilines is 2. The molecule has 1 aliphatic rings. The Labute approximate surface area is 287 Å². The predicted molar refractivity (Wildman–Crippen MR) is 186 cm³/mol. The van der Waals surface area contributed by atoms with Gasteiger partial charge >= 0.3 is 6.61 Å². The minimum atomic E-state index is -2.99. The molecule has 50 heavy (non-hydrogen) atoms. The number of benzene rings is 1. The van der Waals surface area contributed by atoms with E-state index in [2.05, 4.69) is 47.0 Å². The third kappa shape index (κ3) is 7.63. The largest absolute Gasteiger partial charge is 0.417 e. The second-order valence-electron chi connectivity index (χ2n) is 11.2. The lowest BCUT2D eigenvalue weighted by Crippen LogP contribution is -2.38. The van der Waals surface area contributed by atoms with Crippen LogP contribution in [0.1, 0.15) is 38.1 Å². The molecule has 14 heteroatoms. The van der Waals surface area contributed by atoms with E-state index in [1.54, 1.807) is 36.7 Å². The summed E-state index contributed by atoms with van der Waals surface area (Å²) in [6, 6.07) is 22.6. The van der Waals surface area contributed by atoms with E-state index in [0.717, 1.165) is 43.7 Å². The smallest absolute Gasteiger partial charge is 0.388 e. The number of alkyl halides is 2. The standard InChI is InChI=1S/C34H29F2N11O.C2H6/c35-34(36)48-30-18-22(9-14-40-30)26-7-8-27-33(43-26)47(32(44-27)25-2-1-13-41-31(25)38)24-5-3-21(4-6-24)20-46-16-11-23(12-17-46)42-28-10-15-39-29(19-37)45-28;1-2/h1-10,13-15,18,23,34H,11-12,16-17,20H2,(H2,38,41)(H,39,42,45);1-2H3. The van der Waals surface area contributed by atoms with Crippen LogP contribution in [0.2, 0.25) is 0 Å². The van der Waals surface area contributed by atoms with Gasteiger partial charge in [-0.3, -0.25) is 9.47 Å². The van der Waals surface area contributed by atoms with Gasteiger partial charge in [-0.15, -0.1) is 0 Å². The molecule has 0 bridgehead atoms.